The molecular weight excluding hydrogens is 232 g/mol. The van der Waals surface area contributed by atoms with Crippen molar-refractivity contribution in [2.75, 3.05) is 23.4 Å². The largest absolute Gasteiger partial charge is 0.394 e. The number of β-amino-alcohol motifs (C(OH)–C–C–N with tert-alkyl or cyclic N) is 1. The number of nitrogens with zero attached hydrogens (tertiary/aromatic N) is 2. The van der Waals surface area contributed by atoms with Gasteiger partial charge in [-0.25, -0.2) is 4.98 Å². The molecule has 1 aromatic heterocycles. The summed E-state index contributed by atoms with van der Waals surface area (Å²) < 4.78 is 0. The van der Waals surface area contributed by atoms with Gasteiger partial charge >= 0.3 is 0 Å². The molecule has 2 rings (SSSR count). The van der Waals surface area contributed by atoms with Gasteiger partial charge in [-0.15, -0.1) is 0 Å². The zero-order chi connectivity index (χ0) is 13.1. The summed E-state index contributed by atoms with van der Waals surface area (Å²) in [6.07, 6.45) is 1.76. The topological polar surface area (TPSA) is 94.6 Å². The van der Waals surface area contributed by atoms with Crippen LogP contribution in [0.15, 0.2) is 18.3 Å². The highest BCUT2D eigenvalue weighted by molar-refractivity contribution is 5.50. The minimum Gasteiger partial charge on any atom is -0.394 e. The van der Waals surface area contributed by atoms with E-state index < -0.39 is 6.10 Å². The van der Waals surface area contributed by atoms with Crippen LogP contribution in [-0.2, 0) is 0 Å². The molecule has 6 heteroatoms. The van der Waals surface area contributed by atoms with Crippen molar-refractivity contribution in [2.24, 2.45) is 5.73 Å². The maximum absolute atomic E-state index is 9.63. The van der Waals surface area contributed by atoms with Crippen molar-refractivity contribution < 1.29 is 10.2 Å². The van der Waals surface area contributed by atoms with Crippen molar-refractivity contribution >= 4 is 11.5 Å². The summed E-state index contributed by atoms with van der Waals surface area (Å²) >= 11 is 0. The van der Waals surface area contributed by atoms with Crippen LogP contribution in [0.3, 0.4) is 0 Å². The number of aliphatic hydroxyl groups is 2. The van der Waals surface area contributed by atoms with Crippen LogP contribution in [0.1, 0.15) is 13.3 Å². The number of aliphatic hydroxyl groups excluding tert-OH is 2. The van der Waals surface area contributed by atoms with Crippen LogP contribution in [0.4, 0.5) is 11.5 Å². The molecule has 0 spiro atoms. The summed E-state index contributed by atoms with van der Waals surface area (Å²) in [5, 5.41) is 22.0. The number of anilines is 2. The van der Waals surface area contributed by atoms with E-state index in [1.165, 1.54) is 0 Å². The van der Waals surface area contributed by atoms with Crippen LogP contribution in [0.25, 0.3) is 0 Å². The summed E-state index contributed by atoms with van der Waals surface area (Å²) in [6.45, 7) is 2.39. The third kappa shape index (κ3) is 2.90. The zero-order valence-corrected chi connectivity index (χ0v) is 10.5. The predicted octanol–water partition coefficient (Wildman–Crippen LogP) is -0.270. The van der Waals surface area contributed by atoms with E-state index in [4.69, 9.17) is 5.73 Å². The van der Waals surface area contributed by atoms with Gasteiger partial charge in [-0.2, -0.15) is 0 Å². The molecule has 0 amide bonds. The van der Waals surface area contributed by atoms with Crippen LogP contribution in [0, 0.1) is 0 Å². The van der Waals surface area contributed by atoms with Crippen molar-refractivity contribution in [2.45, 2.75) is 31.7 Å². The Morgan fingerprint density at radius 3 is 2.94 bits per heavy atom. The van der Waals surface area contributed by atoms with E-state index in [9.17, 15) is 10.2 Å². The molecule has 18 heavy (non-hydrogen) atoms. The Labute approximate surface area is 106 Å². The zero-order valence-electron chi connectivity index (χ0n) is 10.5. The molecule has 1 fully saturated rings. The fourth-order valence-electron chi connectivity index (χ4n) is 2.25. The molecule has 0 radical (unpaired) electrons. The molecule has 3 unspecified atom stereocenters. The number of hydrogen-bond acceptors (Lipinski definition) is 6. The molecule has 1 saturated heterocycles. The van der Waals surface area contributed by atoms with Crippen LogP contribution >= 0.6 is 0 Å². The number of pyridine rings is 1. The van der Waals surface area contributed by atoms with E-state index >= 15 is 0 Å². The Bertz CT molecular complexity index is 382. The van der Waals surface area contributed by atoms with E-state index in [0.717, 1.165) is 11.5 Å². The predicted molar refractivity (Wildman–Crippen MR) is 70.4 cm³/mol. The number of nitrogens with two attached hydrogens (primary N) is 1. The summed E-state index contributed by atoms with van der Waals surface area (Å²) in [5.41, 5.74) is 6.49. The molecule has 1 aliphatic rings. The van der Waals surface area contributed by atoms with Crippen molar-refractivity contribution in [3.8, 4) is 0 Å². The molecule has 1 aromatic rings. The third-order valence-electron chi connectivity index (χ3n) is 3.04. The van der Waals surface area contributed by atoms with Crippen LogP contribution < -0.4 is 16.0 Å². The lowest BCUT2D eigenvalue weighted by molar-refractivity contribution is 0.184. The maximum atomic E-state index is 9.63. The molecule has 3 atom stereocenters. The molecule has 0 bridgehead atoms. The second-order valence-electron chi connectivity index (χ2n) is 4.72. The second kappa shape index (κ2) is 5.51. The molecule has 0 aromatic carbocycles. The van der Waals surface area contributed by atoms with Crippen LogP contribution in [0.5, 0.6) is 0 Å². The van der Waals surface area contributed by atoms with Gasteiger partial charge in [-0.3, -0.25) is 0 Å². The van der Waals surface area contributed by atoms with Gasteiger partial charge in [-0.05, 0) is 25.5 Å². The highest BCUT2D eigenvalue weighted by Gasteiger charge is 2.31. The van der Waals surface area contributed by atoms with E-state index in [1.807, 2.05) is 24.0 Å². The van der Waals surface area contributed by atoms with E-state index in [-0.39, 0.29) is 18.8 Å². The Hall–Kier alpha value is -1.37. The average molecular weight is 252 g/mol. The van der Waals surface area contributed by atoms with Crippen molar-refractivity contribution in [1.82, 2.24) is 4.98 Å². The Kier molecular flexibility index (Phi) is 4.00. The highest BCUT2D eigenvalue weighted by Crippen LogP contribution is 2.24. The Morgan fingerprint density at radius 1 is 1.61 bits per heavy atom. The van der Waals surface area contributed by atoms with Gasteiger partial charge in [0.15, 0.2) is 0 Å². The average Bonchev–Trinajstić information content (AvgIpc) is 2.71. The first-order valence-electron chi connectivity index (χ1n) is 6.14. The molecule has 0 aliphatic carbocycles. The molecule has 0 saturated carbocycles. The normalized spacial score (nSPS) is 25.2. The number of nitrogens with one attached hydrogen (secondary N) is 1. The highest BCUT2D eigenvalue weighted by atomic mass is 16.3. The van der Waals surface area contributed by atoms with Gasteiger partial charge in [0.05, 0.1) is 36.8 Å². The molecule has 100 valence electrons. The molecule has 1 aliphatic heterocycles. The van der Waals surface area contributed by atoms with Gasteiger partial charge < -0.3 is 26.2 Å². The summed E-state index contributed by atoms with van der Waals surface area (Å²) in [4.78, 5) is 6.26. The Morgan fingerprint density at radius 2 is 2.39 bits per heavy atom. The van der Waals surface area contributed by atoms with Gasteiger partial charge in [-0.1, -0.05) is 0 Å². The molecular formula is C12H20N4O2. The first-order chi connectivity index (χ1) is 8.60. The molecule has 2 heterocycles. The standard InChI is InChI=1S/C12H20N4O2/c1-8(13)15-9-2-3-12(14-5-9)16-6-11(18)4-10(16)7-17/h2-3,5,8,10-11,15,17-18H,4,6-7,13H2,1H3. The van der Waals surface area contributed by atoms with Gasteiger partial charge in [0.1, 0.15) is 5.82 Å². The summed E-state index contributed by atoms with van der Waals surface area (Å²) in [6, 6.07) is 3.70. The lowest BCUT2D eigenvalue weighted by Crippen LogP contribution is -2.33. The van der Waals surface area contributed by atoms with Crippen molar-refractivity contribution in [3.63, 3.8) is 0 Å². The lowest BCUT2D eigenvalue weighted by Gasteiger charge is -2.24. The molecule has 6 nitrogen and oxygen atoms in total. The fraction of sp³-hybridized carbons (Fsp3) is 0.583. The second-order valence-corrected chi connectivity index (χ2v) is 4.72. The smallest absolute Gasteiger partial charge is 0.129 e. The first-order valence-corrected chi connectivity index (χ1v) is 6.14. The van der Waals surface area contributed by atoms with Crippen LogP contribution in [-0.4, -0.2) is 46.7 Å². The van der Waals surface area contributed by atoms with Crippen molar-refractivity contribution in [3.05, 3.63) is 18.3 Å². The minimum absolute atomic E-state index is 0.0264. The number of hydrogen-bond donors (Lipinski definition) is 4. The van der Waals surface area contributed by atoms with Crippen LogP contribution in [0.2, 0.25) is 0 Å². The summed E-state index contributed by atoms with van der Waals surface area (Å²) in [7, 11) is 0. The monoisotopic (exact) mass is 252 g/mol. The number of aromatic nitrogens is 1. The summed E-state index contributed by atoms with van der Waals surface area (Å²) in [5.74, 6) is 0.765. The maximum Gasteiger partial charge on any atom is 0.129 e. The lowest BCUT2D eigenvalue weighted by atomic mass is 10.2. The van der Waals surface area contributed by atoms with Gasteiger partial charge in [0.25, 0.3) is 0 Å². The van der Waals surface area contributed by atoms with E-state index in [1.54, 1.807) is 6.20 Å². The van der Waals surface area contributed by atoms with E-state index in [2.05, 4.69) is 10.3 Å². The van der Waals surface area contributed by atoms with Gasteiger partial charge in [0.2, 0.25) is 0 Å². The molecule has 5 N–H and O–H groups in total. The number of rotatable bonds is 4. The fourth-order valence-corrected chi connectivity index (χ4v) is 2.25. The SMILES string of the molecule is CC(N)Nc1ccc(N2CC(O)CC2CO)nc1. The first kappa shape index (κ1) is 13.1. The van der Waals surface area contributed by atoms with Crippen molar-refractivity contribution in [1.29, 1.82) is 0 Å². The third-order valence-corrected chi connectivity index (χ3v) is 3.04. The Balaban J connectivity index is 2.09. The van der Waals surface area contributed by atoms with E-state index in [0.29, 0.717) is 13.0 Å². The quantitative estimate of drug-likeness (QED) is 0.551. The minimum atomic E-state index is -0.397. The van der Waals surface area contributed by atoms with Gasteiger partial charge in [0, 0.05) is 6.54 Å².